The van der Waals surface area contributed by atoms with Gasteiger partial charge in [-0.2, -0.15) is 18.2 Å². The Morgan fingerprint density at radius 1 is 1.19 bits per heavy atom. The lowest BCUT2D eigenvalue weighted by atomic mass is 9.90. The van der Waals surface area contributed by atoms with Crippen LogP contribution in [-0.4, -0.2) is 40.3 Å². The molecule has 0 unspecified atom stereocenters. The Labute approximate surface area is 149 Å². The Balaban J connectivity index is 1.50. The van der Waals surface area contributed by atoms with Gasteiger partial charge in [0.25, 0.3) is 0 Å². The van der Waals surface area contributed by atoms with Crippen LogP contribution in [0.3, 0.4) is 0 Å². The van der Waals surface area contributed by atoms with E-state index in [1.165, 1.54) is 18.9 Å². The average Bonchev–Trinajstić information content (AvgIpc) is 3.10. The summed E-state index contributed by atoms with van der Waals surface area (Å²) in [7, 11) is 0. The van der Waals surface area contributed by atoms with Crippen LogP contribution in [0.1, 0.15) is 37.1 Å². The lowest BCUT2D eigenvalue weighted by Crippen LogP contribution is -2.52. The molecule has 2 aliphatic rings. The molecule has 0 amide bonds. The molecule has 5 nitrogen and oxygen atoms in total. The smallest absolute Gasteiger partial charge is 0.375 e. The van der Waals surface area contributed by atoms with E-state index in [9.17, 15) is 13.2 Å². The van der Waals surface area contributed by atoms with Crippen molar-refractivity contribution in [2.45, 2.75) is 50.6 Å². The van der Waals surface area contributed by atoms with Gasteiger partial charge in [0.2, 0.25) is 11.7 Å². The number of nitrogens with zero attached hydrogens (tertiary/aromatic N) is 3. The summed E-state index contributed by atoms with van der Waals surface area (Å²) in [6, 6.07) is 5.32. The monoisotopic (exact) mass is 367 g/mol. The Hall–Kier alpha value is -1.93. The maximum absolute atomic E-state index is 12.9. The molecule has 26 heavy (non-hydrogen) atoms. The fourth-order valence-electron chi connectivity index (χ4n) is 3.82. The van der Waals surface area contributed by atoms with Gasteiger partial charge in [0.05, 0.1) is 24.8 Å². The molecule has 1 aromatic carbocycles. The maximum Gasteiger partial charge on any atom is 0.416 e. The van der Waals surface area contributed by atoms with Gasteiger partial charge in [-0.05, 0) is 25.0 Å². The molecule has 2 atom stereocenters. The largest absolute Gasteiger partial charge is 0.416 e. The van der Waals surface area contributed by atoms with Crippen molar-refractivity contribution in [3.8, 4) is 11.4 Å². The molecule has 1 aliphatic carbocycles. The first kappa shape index (κ1) is 17.5. The summed E-state index contributed by atoms with van der Waals surface area (Å²) in [6.45, 7) is 1.97. The van der Waals surface area contributed by atoms with Crippen molar-refractivity contribution in [2.24, 2.45) is 0 Å². The van der Waals surface area contributed by atoms with Crippen molar-refractivity contribution in [3.63, 3.8) is 0 Å². The minimum absolute atomic E-state index is 0.180. The second kappa shape index (κ2) is 7.00. The van der Waals surface area contributed by atoms with Gasteiger partial charge >= 0.3 is 6.18 Å². The number of rotatable bonds is 3. The third-order valence-corrected chi connectivity index (χ3v) is 5.10. The summed E-state index contributed by atoms with van der Waals surface area (Å²) in [4.78, 5) is 6.60. The Kier molecular flexibility index (Phi) is 4.71. The highest BCUT2D eigenvalue weighted by molar-refractivity contribution is 5.55. The number of aromatic nitrogens is 2. The van der Waals surface area contributed by atoms with Crippen LogP contribution in [0.2, 0.25) is 0 Å². The highest BCUT2D eigenvalue weighted by Gasteiger charge is 2.35. The number of hydrogen-bond acceptors (Lipinski definition) is 5. The minimum Gasteiger partial charge on any atom is -0.375 e. The van der Waals surface area contributed by atoms with Gasteiger partial charge < -0.3 is 9.26 Å². The third kappa shape index (κ3) is 3.61. The molecule has 0 N–H and O–H groups in total. The van der Waals surface area contributed by atoms with Crippen LogP contribution in [0.15, 0.2) is 28.8 Å². The normalized spacial score (nSPS) is 24.4. The molecule has 2 fully saturated rings. The van der Waals surface area contributed by atoms with E-state index in [1.807, 2.05) is 0 Å². The Morgan fingerprint density at radius 2 is 2.04 bits per heavy atom. The van der Waals surface area contributed by atoms with E-state index in [1.54, 1.807) is 6.07 Å². The van der Waals surface area contributed by atoms with Crippen molar-refractivity contribution < 1.29 is 22.4 Å². The van der Waals surface area contributed by atoms with Gasteiger partial charge in [-0.25, -0.2) is 0 Å². The van der Waals surface area contributed by atoms with Crippen molar-refractivity contribution in [1.29, 1.82) is 0 Å². The van der Waals surface area contributed by atoms with E-state index < -0.39 is 11.7 Å². The molecular weight excluding hydrogens is 347 g/mol. The number of alkyl halides is 3. The third-order valence-electron chi connectivity index (χ3n) is 5.10. The Morgan fingerprint density at radius 3 is 2.88 bits per heavy atom. The van der Waals surface area contributed by atoms with Crippen molar-refractivity contribution in [1.82, 2.24) is 15.0 Å². The van der Waals surface area contributed by atoms with Crippen molar-refractivity contribution >= 4 is 0 Å². The van der Waals surface area contributed by atoms with Crippen LogP contribution >= 0.6 is 0 Å². The summed E-state index contributed by atoms with van der Waals surface area (Å²) in [5.41, 5.74) is -0.424. The molecule has 0 bridgehead atoms. The molecule has 1 saturated heterocycles. The number of benzene rings is 1. The summed E-state index contributed by atoms with van der Waals surface area (Å²) < 4.78 is 49.8. The molecule has 0 radical (unpaired) electrons. The number of halogens is 3. The van der Waals surface area contributed by atoms with E-state index in [4.69, 9.17) is 9.26 Å². The number of ether oxygens (including phenoxy) is 1. The lowest BCUT2D eigenvalue weighted by Gasteiger charge is -2.43. The molecule has 140 valence electrons. The van der Waals surface area contributed by atoms with Crippen LogP contribution in [0.4, 0.5) is 13.2 Å². The first-order valence-corrected chi connectivity index (χ1v) is 8.86. The summed E-state index contributed by atoms with van der Waals surface area (Å²) in [5.74, 6) is 0.600. The van der Waals surface area contributed by atoms with E-state index in [0.29, 0.717) is 30.6 Å². The quantitative estimate of drug-likeness (QED) is 0.824. The van der Waals surface area contributed by atoms with Crippen molar-refractivity contribution in [3.05, 3.63) is 35.7 Å². The SMILES string of the molecule is FC(F)(F)c1cccc(-c2noc(CN3CCO[C@H]4CCCC[C@@H]43)n2)c1. The molecule has 2 aromatic rings. The predicted molar refractivity (Wildman–Crippen MR) is 87.1 cm³/mol. The van der Waals surface area contributed by atoms with E-state index in [0.717, 1.165) is 31.5 Å². The van der Waals surface area contributed by atoms with Crippen LogP contribution in [0.5, 0.6) is 0 Å². The molecule has 1 aliphatic heterocycles. The minimum atomic E-state index is -4.40. The van der Waals surface area contributed by atoms with Crippen molar-refractivity contribution in [2.75, 3.05) is 13.2 Å². The topological polar surface area (TPSA) is 51.4 Å². The van der Waals surface area contributed by atoms with Gasteiger partial charge in [-0.1, -0.05) is 30.1 Å². The number of morpholine rings is 1. The highest BCUT2D eigenvalue weighted by Crippen LogP contribution is 2.32. The van der Waals surface area contributed by atoms with Gasteiger partial charge in [-0.3, -0.25) is 4.90 Å². The van der Waals surface area contributed by atoms with Crippen LogP contribution < -0.4 is 0 Å². The molecule has 8 heteroatoms. The zero-order valence-corrected chi connectivity index (χ0v) is 14.2. The van der Waals surface area contributed by atoms with Gasteiger partial charge in [-0.15, -0.1) is 0 Å². The summed E-state index contributed by atoms with van der Waals surface area (Å²) >= 11 is 0. The average molecular weight is 367 g/mol. The van der Waals surface area contributed by atoms with E-state index >= 15 is 0 Å². The second-order valence-corrected chi connectivity index (χ2v) is 6.82. The fourth-order valence-corrected chi connectivity index (χ4v) is 3.82. The van der Waals surface area contributed by atoms with Gasteiger partial charge in [0, 0.05) is 18.2 Å². The number of fused-ring (bicyclic) bond motifs is 1. The molecular formula is C18H20F3N3O2. The standard InChI is InChI=1S/C18H20F3N3O2/c19-18(20,21)13-5-3-4-12(10-13)17-22-16(26-23-17)11-24-8-9-25-15-7-2-1-6-14(15)24/h3-5,10,14-15H,1-2,6-9,11H2/t14-,15-/m0/s1. The van der Waals surface area contributed by atoms with Gasteiger partial charge in [0.15, 0.2) is 0 Å². The molecule has 1 aromatic heterocycles. The molecule has 4 rings (SSSR count). The van der Waals surface area contributed by atoms with Crippen LogP contribution in [0.25, 0.3) is 11.4 Å². The Bertz CT molecular complexity index is 760. The first-order chi connectivity index (χ1) is 12.5. The van der Waals surface area contributed by atoms with Crippen LogP contribution in [0, 0.1) is 0 Å². The molecule has 2 heterocycles. The van der Waals surface area contributed by atoms with Gasteiger partial charge in [0.1, 0.15) is 0 Å². The summed E-state index contributed by atoms with van der Waals surface area (Å²) in [6.07, 6.45) is 0.380. The fraction of sp³-hybridized carbons (Fsp3) is 0.556. The first-order valence-electron chi connectivity index (χ1n) is 8.86. The highest BCUT2D eigenvalue weighted by atomic mass is 19.4. The zero-order valence-electron chi connectivity index (χ0n) is 14.2. The summed E-state index contributed by atoms with van der Waals surface area (Å²) in [5, 5.41) is 3.87. The predicted octanol–water partition coefficient (Wildman–Crippen LogP) is 3.90. The maximum atomic E-state index is 12.9. The molecule has 1 saturated carbocycles. The number of hydrogen-bond donors (Lipinski definition) is 0. The van der Waals surface area contributed by atoms with E-state index in [2.05, 4.69) is 15.0 Å². The molecule has 0 spiro atoms. The van der Waals surface area contributed by atoms with Crippen LogP contribution in [-0.2, 0) is 17.5 Å². The van der Waals surface area contributed by atoms with E-state index in [-0.39, 0.29) is 11.9 Å². The zero-order chi connectivity index (χ0) is 18.1. The second-order valence-electron chi connectivity index (χ2n) is 6.82. The lowest BCUT2D eigenvalue weighted by molar-refractivity contribution is -0.137.